The number of hydrogen-bond donors (Lipinski definition) is 1. The second-order valence-corrected chi connectivity index (χ2v) is 5.34. The maximum absolute atomic E-state index is 13.9. The van der Waals surface area contributed by atoms with Gasteiger partial charge in [-0.25, -0.2) is 4.39 Å². The predicted octanol–water partition coefficient (Wildman–Crippen LogP) is 4.51. The van der Waals surface area contributed by atoms with Crippen LogP contribution in [0.25, 0.3) is 0 Å². The number of nitro groups is 1. The molecule has 2 rings (SSSR count). The molecule has 2 aromatic rings. The molecule has 0 unspecified atom stereocenters. The Balaban J connectivity index is 2.14. The number of benzene rings is 2. The predicted molar refractivity (Wildman–Crippen MR) is 83.4 cm³/mol. The van der Waals surface area contributed by atoms with E-state index in [4.69, 9.17) is 16.3 Å². The van der Waals surface area contributed by atoms with Crippen LogP contribution >= 0.6 is 11.6 Å². The Morgan fingerprint density at radius 3 is 2.35 bits per heavy atom. The summed E-state index contributed by atoms with van der Waals surface area (Å²) >= 11 is 5.65. The van der Waals surface area contributed by atoms with E-state index in [9.17, 15) is 32.5 Å². The smallest absolute Gasteiger partial charge is 0.416 e. The van der Waals surface area contributed by atoms with E-state index in [0.29, 0.717) is 6.07 Å². The summed E-state index contributed by atoms with van der Waals surface area (Å²) in [5, 5.41) is 11.9. The second kappa shape index (κ2) is 7.56. The first-order valence-corrected chi connectivity index (χ1v) is 7.20. The minimum absolute atomic E-state index is 0.0258. The van der Waals surface area contributed by atoms with E-state index in [0.717, 1.165) is 0 Å². The number of amides is 1. The maximum atomic E-state index is 13.9. The van der Waals surface area contributed by atoms with Crippen LogP contribution in [0.15, 0.2) is 36.4 Å². The van der Waals surface area contributed by atoms with Gasteiger partial charge < -0.3 is 10.1 Å². The summed E-state index contributed by atoms with van der Waals surface area (Å²) in [6.45, 7) is -0.912. The van der Waals surface area contributed by atoms with Gasteiger partial charge in [0, 0.05) is 10.6 Å². The molecule has 11 heteroatoms. The Kier molecular flexibility index (Phi) is 5.66. The fourth-order valence-electron chi connectivity index (χ4n) is 1.86. The van der Waals surface area contributed by atoms with Gasteiger partial charge in [-0.05, 0) is 36.4 Å². The van der Waals surface area contributed by atoms with Crippen molar-refractivity contribution >= 4 is 23.2 Å². The van der Waals surface area contributed by atoms with Crippen molar-refractivity contribution < 1.29 is 32.0 Å². The number of alkyl halides is 3. The topological polar surface area (TPSA) is 81.5 Å². The summed E-state index contributed by atoms with van der Waals surface area (Å²) in [6, 6.07) is 5.95. The maximum Gasteiger partial charge on any atom is 0.416 e. The van der Waals surface area contributed by atoms with Gasteiger partial charge >= 0.3 is 6.18 Å². The molecule has 0 aliphatic heterocycles. The van der Waals surface area contributed by atoms with E-state index in [2.05, 4.69) is 5.32 Å². The van der Waals surface area contributed by atoms with Gasteiger partial charge in [0.05, 0.1) is 10.6 Å². The lowest BCUT2D eigenvalue weighted by molar-refractivity contribution is -0.467. The van der Waals surface area contributed by atoms with Gasteiger partial charge in [-0.1, -0.05) is 11.6 Å². The highest BCUT2D eigenvalue weighted by Crippen LogP contribution is 2.38. The third kappa shape index (κ3) is 5.06. The molecule has 6 nitrogen and oxygen atoms in total. The average Bonchev–Trinajstić information content (AvgIpc) is 2.50. The van der Waals surface area contributed by atoms with E-state index in [1.807, 2.05) is 0 Å². The highest BCUT2D eigenvalue weighted by Gasteiger charge is 2.32. The molecule has 26 heavy (non-hydrogen) atoms. The molecule has 0 fully saturated rings. The summed E-state index contributed by atoms with van der Waals surface area (Å²) in [7, 11) is 0. The number of halogens is 5. The number of hydrogen-bond acceptors (Lipinski definition) is 4. The molecule has 0 spiro atoms. The highest BCUT2D eigenvalue weighted by molar-refractivity contribution is 6.32. The third-order valence-corrected chi connectivity index (χ3v) is 3.24. The zero-order valence-corrected chi connectivity index (χ0v) is 13.4. The average molecular weight is 393 g/mol. The Morgan fingerprint density at radius 1 is 1.23 bits per heavy atom. The van der Waals surface area contributed by atoms with E-state index in [-0.39, 0.29) is 17.5 Å². The first-order chi connectivity index (χ1) is 12.1. The second-order valence-electron chi connectivity index (χ2n) is 4.93. The molecule has 0 saturated carbocycles. The summed E-state index contributed by atoms with van der Waals surface area (Å²) < 4.78 is 56.8. The van der Waals surface area contributed by atoms with Crippen LogP contribution in [0.3, 0.4) is 0 Å². The van der Waals surface area contributed by atoms with Gasteiger partial charge in [0.2, 0.25) is 0 Å². The molecule has 0 aliphatic rings. The first-order valence-electron chi connectivity index (χ1n) is 6.82. The van der Waals surface area contributed by atoms with Gasteiger partial charge in [-0.3, -0.25) is 14.9 Å². The zero-order valence-electron chi connectivity index (χ0n) is 12.6. The number of ether oxygens (including phenoxy) is 1. The Bertz CT molecular complexity index is 818. The van der Waals surface area contributed by atoms with E-state index in [1.54, 1.807) is 0 Å². The van der Waals surface area contributed by atoms with Crippen LogP contribution in [-0.2, 0) is 11.0 Å². The molecule has 1 N–H and O–H groups in total. The van der Waals surface area contributed by atoms with Gasteiger partial charge in [-0.15, -0.1) is 0 Å². The molecule has 0 radical (unpaired) electrons. The third-order valence-electron chi connectivity index (χ3n) is 2.96. The summed E-state index contributed by atoms with van der Waals surface area (Å²) in [5.74, 6) is -2.71. The Labute approximate surface area is 148 Å². The zero-order chi connectivity index (χ0) is 19.5. The standard InChI is InChI=1S/C15H9ClF4N2O4/c16-11-5-8(15(18,19)20)6-12(17)14(11)26-10-3-1-9(2-4-10)21-13(23)7-22(24)25/h1-6H,7H2,(H,21,23). The first kappa shape index (κ1) is 19.4. The van der Waals surface area contributed by atoms with Crippen molar-refractivity contribution in [3.8, 4) is 11.5 Å². The van der Waals surface area contributed by atoms with Crippen molar-refractivity contribution in [3.05, 3.63) is 62.9 Å². The molecule has 0 aliphatic carbocycles. The number of nitrogens with zero attached hydrogens (tertiary/aromatic N) is 1. The van der Waals surface area contributed by atoms with E-state index in [1.165, 1.54) is 24.3 Å². The Hall–Kier alpha value is -2.88. The number of anilines is 1. The molecular formula is C15H9ClF4N2O4. The normalized spacial score (nSPS) is 11.1. The minimum atomic E-state index is -4.76. The van der Waals surface area contributed by atoms with Crippen molar-refractivity contribution in [2.45, 2.75) is 6.18 Å². The van der Waals surface area contributed by atoms with Gasteiger partial charge in [-0.2, -0.15) is 13.2 Å². The summed E-state index contributed by atoms with van der Waals surface area (Å²) in [4.78, 5) is 20.7. The van der Waals surface area contributed by atoms with Crippen molar-refractivity contribution in [3.63, 3.8) is 0 Å². The van der Waals surface area contributed by atoms with Crippen molar-refractivity contribution in [1.82, 2.24) is 0 Å². The minimum Gasteiger partial charge on any atom is -0.453 e. The highest BCUT2D eigenvalue weighted by atomic mass is 35.5. The molecular weight excluding hydrogens is 384 g/mol. The van der Waals surface area contributed by atoms with Crippen molar-refractivity contribution in [2.24, 2.45) is 0 Å². The molecule has 138 valence electrons. The van der Waals surface area contributed by atoms with Crippen LogP contribution in [0.5, 0.6) is 11.5 Å². The largest absolute Gasteiger partial charge is 0.453 e. The molecule has 0 saturated heterocycles. The number of carbonyl (C=O) groups excluding carboxylic acids is 1. The SMILES string of the molecule is O=C(C[N+](=O)[O-])Nc1ccc(Oc2c(F)cc(C(F)(F)F)cc2Cl)cc1. The van der Waals surface area contributed by atoms with Crippen molar-refractivity contribution in [2.75, 3.05) is 11.9 Å². The van der Waals surface area contributed by atoms with Crippen LogP contribution in [0.2, 0.25) is 5.02 Å². The van der Waals surface area contributed by atoms with Crippen LogP contribution in [0.1, 0.15) is 5.56 Å². The molecule has 0 atom stereocenters. The van der Waals surface area contributed by atoms with Gasteiger partial charge in [0.25, 0.3) is 12.5 Å². The summed E-state index contributed by atoms with van der Waals surface area (Å²) in [6.07, 6.45) is -4.76. The monoisotopic (exact) mass is 392 g/mol. The molecule has 2 aromatic carbocycles. The summed E-state index contributed by atoms with van der Waals surface area (Å²) in [5.41, 5.74) is -1.04. The Morgan fingerprint density at radius 2 is 1.85 bits per heavy atom. The number of nitrogens with one attached hydrogen (secondary N) is 1. The van der Waals surface area contributed by atoms with Gasteiger partial charge in [0.1, 0.15) is 5.75 Å². The van der Waals surface area contributed by atoms with E-state index < -0.39 is 45.7 Å². The molecule has 0 bridgehead atoms. The molecule has 1 amide bonds. The van der Waals surface area contributed by atoms with Crippen LogP contribution in [-0.4, -0.2) is 17.4 Å². The fraction of sp³-hybridized carbons (Fsp3) is 0.133. The van der Waals surface area contributed by atoms with Gasteiger partial charge in [0.15, 0.2) is 11.6 Å². The van der Waals surface area contributed by atoms with E-state index >= 15 is 0 Å². The molecule has 0 aromatic heterocycles. The quantitative estimate of drug-likeness (QED) is 0.461. The van der Waals surface area contributed by atoms with Crippen LogP contribution < -0.4 is 10.1 Å². The lowest BCUT2D eigenvalue weighted by Gasteiger charge is -2.12. The number of carbonyl (C=O) groups is 1. The fourth-order valence-corrected chi connectivity index (χ4v) is 2.11. The lowest BCUT2D eigenvalue weighted by Crippen LogP contribution is -2.21. The van der Waals surface area contributed by atoms with Crippen molar-refractivity contribution in [1.29, 1.82) is 0 Å². The lowest BCUT2D eigenvalue weighted by atomic mass is 10.2. The van der Waals surface area contributed by atoms with Crippen LogP contribution in [0, 0.1) is 15.9 Å². The van der Waals surface area contributed by atoms with Crippen LogP contribution in [0.4, 0.5) is 23.2 Å². The number of rotatable bonds is 5. The molecule has 0 heterocycles.